The highest BCUT2D eigenvalue weighted by molar-refractivity contribution is 6.17. The Labute approximate surface area is 104 Å². The third-order valence-electron chi connectivity index (χ3n) is 2.27. The summed E-state index contributed by atoms with van der Waals surface area (Å²) in [7, 11) is 1.44. The molecule has 0 aromatic heterocycles. The number of hydrogen-bond acceptors (Lipinski definition) is 3. The molecule has 0 atom stereocenters. The van der Waals surface area contributed by atoms with E-state index in [9.17, 15) is 9.18 Å². The molecule has 0 unspecified atom stereocenters. The van der Waals surface area contributed by atoms with E-state index >= 15 is 0 Å². The normalized spacial score (nSPS) is 10.1. The van der Waals surface area contributed by atoms with Crippen LogP contribution in [0.4, 0.5) is 4.39 Å². The van der Waals surface area contributed by atoms with Crippen molar-refractivity contribution in [3.63, 3.8) is 0 Å². The van der Waals surface area contributed by atoms with Gasteiger partial charge in [0.1, 0.15) is 11.6 Å². The number of methoxy groups -OCH3 is 1. The molecule has 17 heavy (non-hydrogen) atoms. The smallest absolute Gasteiger partial charge is 0.310 e. The van der Waals surface area contributed by atoms with Crippen molar-refractivity contribution in [3.05, 3.63) is 29.1 Å². The predicted octanol–water partition coefficient (Wildman–Crippen LogP) is 2.68. The number of hydrogen-bond donors (Lipinski definition) is 0. The highest BCUT2D eigenvalue weighted by atomic mass is 35.5. The van der Waals surface area contributed by atoms with Crippen LogP contribution in [0.5, 0.6) is 5.75 Å². The molecule has 0 heterocycles. The molecular formula is C12H14ClFO3. The molecule has 5 heteroatoms. The molecule has 0 bridgehead atoms. The third-order valence-corrected chi connectivity index (χ3v) is 2.56. The second-order valence-corrected chi connectivity index (χ2v) is 3.63. The van der Waals surface area contributed by atoms with Gasteiger partial charge < -0.3 is 9.47 Å². The third kappa shape index (κ3) is 3.60. The first-order chi connectivity index (χ1) is 8.12. The van der Waals surface area contributed by atoms with Crippen LogP contribution in [-0.4, -0.2) is 19.7 Å². The molecule has 0 saturated carbocycles. The van der Waals surface area contributed by atoms with Gasteiger partial charge in [0.25, 0.3) is 0 Å². The second kappa shape index (κ2) is 6.45. The monoisotopic (exact) mass is 260 g/mol. The first-order valence-corrected chi connectivity index (χ1v) is 5.72. The number of benzene rings is 1. The van der Waals surface area contributed by atoms with Crippen LogP contribution in [-0.2, 0) is 21.8 Å². The maximum atomic E-state index is 13.7. The largest absolute Gasteiger partial charge is 0.497 e. The lowest BCUT2D eigenvalue weighted by atomic mass is 10.0. The van der Waals surface area contributed by atoms with Crippen LogP contribution in [0.25, 0.3) is 0 Å². The molecule has 0 N–H and O–H groups in total. The predicted molar refractivity (Wildman–Crippen MR) is 62.8 cm³/mol. The van der Waals surface area contributed by atoms with E-state index in [-0.39, 0.29) is 24.5 Å². The number of carbonyl (C=O) groups is 1. The molecule has 0 amide bonds. The highest BCUT2D eigenvalue weighted by Crippen LogP contribution is 2.23. The van der Waals surface area contributed by atoms with Gasteiger partial charge in [0.2, 0.25) is 0 Å². The lowest BCUT2D eigenvalue weighted by Crippen LogP contribution is -2.11. The summed E-state index contributed by atoms with van der Waals surface area (Å²) in [6.45, 7) is 1.97. The minimum Gasteiger partial charge on any atom is -0.497 e. The lowest BCUT2D eigenvalue weighted by Gasteiger charge is -2.10. The number of halogens is 2. The van der Waals surface area contributed by atoms with Crippen molar-refractivity contribution in [2.75, 3.05) is 13.7 Å². The van der Waals surface area contributed by atoms with E-state index in [0.717, 1.165) is 0 Å². The molecule has 0 aliphatic carbocycles. The SMILES string of the molecule is CCOC(=O)Cc1c(F)cc(OC)cc1CCl. The van der Waals surface area contributed by atoms with Crippen molar-refractivity contribution >= 4 is 17.6 Å². The van der Waals surface area contributed by atoms with Crippen LogP contribution in [0.15, 0.2) is 12.1 Å². The Hall–Kier alpha value is -1.29. The van der Waals surface area contributed by atoms with Gasteiger partial charge >= 0.3 is 5.97 Å². The van der Waals surface area contributed by atoms with Crippen LogP contribution in [0.1, 0.15) is 18.1 Å². The molecule has 3 nitrogen and oxygen atoms in total. The molecule has 0 aliphatic heterocycles. The molecule has 1 aromatic rings. The van der Waals surface area contributed by atoms with Gasteiger partial charge in [-0.25, -0.2) is 4.39 Å². The second-order valence-electron chi connectivity index (χ2n) is 3.36. The Morgan fingerprint density at radius 2 is 2.18 bits per heavy atom. The maximum absolute atomic E-state index is 13.7. The van der Waals surface area contributed by atoms with Crippen LogP contribution >= 0.6 is 11.6 Å². The van der Waals surface area contributed by atoms with Crippen LogP contribution < -0.4 is 4.74 Å². The van der Waals surface area contributed by atoms with E-state index in [4.69, 9.17) is 21.1 Å². The van der Waals surface area contributed by atoms with Crippen molar-refractivity contribution in [1.29, 1.82) is 0 Å². The van der Waals surface area contributed by atoms with Crippen LogP contribution in [0.3, 0.4) is 0 Å². The Balaban J connectivity index is 3.01. The number of ether oxygens (including phenoxy) is 2. The summed E-state index contributed by atoms with van der Waals surface area (Å²) in [5, 5.41) is 0. The standard InChI is InChI=1S/C12H14ClFO3/c1-3-17-12(15)6-10-8(7-13)4-9(16-2)5-11(10)14/h4-5H,3,6-7H2,1-2H3. The summed E-state index contributed by atoms with van der Waals surface area (Å²) in [6.07, 6.45) is -0.119. The topological polar surface area (TPSA) is 35.5 Å². The van der Waals surface area contributed by atoms with E-state index in [1.54, 1.807) is 13.0 Å². The molecule has 0 spiro atoms. The Bertz CT molecular complexity index is 407. The molecule has 1 rings (SSSR count). The Kier molecular flexibility index (Phi) is 5.22. The van der Waals surface area contributed by atoms with Gasteiger partial charge in [-0.2, -0.15) is 0 Å². The van der Waals surface area contributed by atoms with Gasteiger partial charge in [0, 0.05) is 17.5 Å². The fourth-order valence-corrected chi connectivity index (χ4v) is 1.70. The van der Waals surface area contributed by atoms with Gasteiger partial charge in [-0.05, 0) is 18.6 Å². The van der Waals surface area contributed by atoms with Crippen LogP contribution in [0, 0.1) is 5.82 Å². The quantitative estimate of drug-likeness (QED) is 0.603. The van der Waals surface area contributed by atoms with E-state index in [0.29, 0.717) is 11.3 Å². The van der Waals surface area contributed by atoms with Crippen molar-refractivity contribution in [1.82, 2.24) is 0 Å². The zero-order valence-electron chi connectivity index (χ0n) is 9.76. The average molecular weight is 261 g/mol. The lowest BCUT2D eigenvalue weighted by molar-refractivity contribution is -0.142. The maximum Gasteiger partial charge on any atom is 0.310 e. The van der Waals surface area contributed by atoms with Gasteiger partial charge in [-0.1, -0.05) is 0 Å². The molecule has 1 aromatic carbocycles. The molecule has 0 aliphatic rings. The summed E-state index contributed by atoms with van der Waals surface area (Å²) in [5.41, 5.74) is 0.802. The first-order valence-electron chi connectivity index (χ1n) is 5.19. The zero-order valence-corrected chi connectivity index (χ0v) is 10.5. The van der Waals surface area contributed by atoms with E-state index in [1.165, 1.54) is 13.2 Å². The molecular weight excluding hydrogens is 247 g/mol. The van der Waals surface area contributed by atoms with Crippen molar-refractivity contribution in [3.8, 4) is 5.75 Å². The average Bonchev–Trinajstić information content (AvgIpc) is 2.31. The fraction of sp³-hybridized carbons (Fsp3) is 0.417. The number of esters is 1. The van der Waals surface area contributed by atoms with Gasteiger partial charge in [-0.3, -0.25) is 4.79 Å². The van der Waals surface area contributed by atoms with Crippen molar-refractivity contribution < 1.29 is 18.7 Å². The zero-order chi connectivity index (χ0) is 12.8. The van der Waals surface area contributed by atoms with E-state index in [2.05, 4.69) is 0 Å². The summed E-state index contributed by atoms with van der Waals surface area (Å²) in [6, 6.07) is 2.84. The summed E-state index contributed by atoms with van der Waals surface area (Å²) >= 11 is 5.72. The number of rotatable bonds is 5. The number of alkyl halides is 1. The molecule has 0 radical (unpaired) electrons. The molecule has 94 valence electrons. The van der Waals surface area contributed by atoms with E-state index in [1.807, 2.05) is 0 Å². The van der Waals surface area contributed by atoms with Crippen LogP contribution in [0.2, 0.25) is 0 Å². The number of carbonyl (C=O) groups excluding carboxylic acids is 1. The Morgan fingerprint density at radius 3 is 2.71 bits per heavy atom. The summed E-state index contributed by atoms with van der Waals surface area (Å²) in [4.78, 5) is 11.3. The molecule has 0 fully saturated rings. The van der Waals surface area contributed by atoms with Gasteiger partial charge in [0.05, 0.1) is 20.1 Å². The first kappa shape index (κ1) is 13.8. The summed E-state index contributed by atoms with van der Waals surface area (Å²) < 4.78 is 23.4. The fourth-order valence-electron chi connectivity index (χ4n) is 1.46. The van der Waals surface area contributed by atoms with Gasteiger partial charge in [-0.15, -0.1) is 11.6 Å². The van der Waals surface area contributed by atoms with Crippen molar-refractivity contribution in [2.24, 2.45) is 0 Å². The highest BCUT2D eigenvalue weighted by Gasteiger charge is 2.15. The van der Waals surface area contributed by atoms with Gasteiger partial charge in [0.15, 0.2) is 0 Å². The minimum absolute atomic E-state index is 0.114. The Morgan fingerprint density at radius 1 is 1.47 bits per heavy atom. The van der Waals surface area contributed by atoms with Crippen molar-refractivity contribution in [2.45, 2.75) is 19.2 Å². The summed E-state index contributed by atoms with van der Waals surface area (Å²) in [5.74, 6) is -0.482. The molecule has 0 saturated heterocycles. The van der Waals surface area contributed by atoms with E-state index < -0.39 is 11.8 Å². The minimum atomic E-state index is -0.506.